The van der Waals surface area contributed by atoms with Crippen molar-refractivity contribution in [3.8, 4) is 5.75 Å². The molecule has 1 aromatic carbocycles. The second-order valence-corrected chi connectivity index (χ2v) is 5.68. The Balaban J connectivity index is 2.85. The quantitative estimate of drug-likeness (QED) is 0.865. The summed E-state index contributed by atoms with van der Waals surface area (Å²) in [7, 11) is 0. The van der Waals surface area contributed by atoms with Crippen molar-refractivity contribution in [3.05, 3.63) is 28.8 Å². The Morgan fingerprint density at radius 1 is 1.42 bits per heavy atom. The van der Waals surface area contributed by atoms with Crippen molar-refractivity contribution in [2.75, 3.05) is 0 Å². The molecule has 0 aromatic heterocycles. The molecule has 0 heterocycles. The summed E-state index contributed by atoms with van der Waals surface area (Å²) < 4.78 is 5.50. The number of rotatable bonds is 4. The lowest BCUT2D eigenvalue weighted by Gasteiger charge is -2.24. The SMILES string of the molecule is CC(Oc1c(Cl)cccc1C=O)C(=O)NC(C)(C)C. The van der Waals surface area contributed by atoms with Gasteiger partial charge in [-0.3, -0.25) is 9.59 Å². The van der Waals surface area contributed by atoms with E-state index >= 15 is 0 Å². The van der Waals surface area contributed by atoms with Crippen LogP contribution in [0.5, 0.6) is 5.75 Å². The Labute approximate surface area is 118 Å². The maximum absolute atomic E-state index is 11.9. The molecule has 104 valence electrons. The summed E-state index contributed by atoms with van der Waals surface area (Å²) in [6.45, 7) is 7.25. The minimum Gasteiger partial charge on any atom is -0.479 e. The number of hydrogen-bond acceptors (Lipinski definition) is 3. The lowest BCUT2D eigenvalue weighted by atomic mass is 10.1. The lowest BCUT2D eigenvalue weighted by molar-refractivity contribution is -0.128. The number of halogens is 1. The number of hydrogen-bond donors (Lipinski definition) is 1. The van der Waals surface area contributed by atoms with E-state index in [1.807, 2.05) is 20.8 Å². The van der Waals surface area contributed by atoms with E-state index < -0.39 is 6.10 Å². The van der Waals surface area contributed by atoms with Crippen molar-refractivity contribution in [1.82, 2.24) is 5.32 Å². The largest absolute Gasteiger partial charge is 0.479 e. The van der Waals surface area contributed by atoms with Gasteiger partial charge in [0, 0.05) is 5.54 Å². The number of aldehydes is 1. The van der Waals surface area contributed by atoms with E-state index in [-0.39, 0.29) is 17.2 Å². The zero-order valence-electron chi connectivity index (χ0n) is 11.5. The van der Waals surface area contributed by atoms with E-state index in [4.69, 9.17) is 16.3 Å². The van der Waals surface area contributed by atoms with Crippen LogP contribution in [0.2, 0.25) is 5.02 Å². The van der Waals surface area contributed by atoms with Crippen molar-refractivity contribution in [2.24, 2.45) is 0 Å². The van der Waals surface area contributed by atoms with Gasteiger partial charge in [0.05, 0.1) is 10.6 Å². The molecule has 0 saturated heterocycles. The smallest absolute Gasteiger partial charge is 0.261 e. The Hall–Kier alpha value is -1.55. The fourth-order valence-corrected chi connectivity index (χ4v) is 1.67. The van der Waals surface area contributed by atoms with Crippen LogP contribution in [0.1, 0.15) is 38.1 Å². The zero-order valence-corrected chi connectivity index (χ0v) is 12.2. The van der Waals surface area contributed by atoms with Crippen molar-refractivity contribution in [2.45, 2.75) is 39.3 Å². The van der Waals surface area contributed by atoms with Crippen LogP contribution in [0.3, 0.4) is 0 Å². The van der Waals surface area contributed by atoms with Gasteiger partial charge in [0.25, 0.3) is 5.91 Å². The van der Waals surface area contributed by atoms with E-state index in [9.17, 15) is 9.59 Å². The number of ether oxygens (including phenoxy) is 1. The average molecular weight is 284 g/mol. The van der Waals surface area contributed by atoms with E-state index in [0.717, 1.165) is 0 Å². The fraction of sp³-hybridized carbons (Fsp3) is 0.429. The minimum absolute atomic E-state index is 0.232. The average Bonchev–Trinajstić information content (AvgIpc) is 2.29. The van der Waals surface area contributed by atoms with Crippen molar-refractivity contribution in [3.63, 3.8) is 0 Å². The van der Waals surface area contributed by atoms with Gasteiger partial charge in [-0.1, -0.05) is 17.7 Å². The van der Waals surface area contributed by atoms with E-state index in [0.29, 0.717) is 16.9 Å². The normalized spacial score (nSPS) is 12.7. The first-order valence-corrected chi connectivity index (χ1v) is 6.35. The summed E-state index contributed by atoms with van der Waals surface area (Å²) >= 11 is 5.97. The maximum atomic E-state index is 11.9. The predicted molar refractivity (Wildman–Crippen MR) is 74.8 cm³/mol. The Morgan fingerprint density at radius 2 is 2.05 bits per heavy atom. The molecule has 0 bridgehead atoms. The number of carbonyl (C=O) groups is 2. The van der Waals surface area contributed by atoms with Gasteiger partial charge in [-0.15, -0.1) is 0 Å². The first-order valence-electron chi connectivity index (χ1n) is 5.97. The summed E-state index contributed by atoms with van der Waals surface area (Å²) in [5, 5.41) is 3.11. The molecule has 0 fully saturated rings. The van der Waals surface area contributed by atoms with Gasteiger partial charge >= 0.3 is 0 Å². The van der Waals surface area contributed by atoms with Gasteiger partial charge < -0.3 is 10.1 Å². The summed E-state index contributed by atoms with van der Waals surface area (Å²) in [6.07, 6.45) is -0.0897. The van der Waals surface area contributed by atoms with Gasteiger partial charge in [-0.2, -0.15) is 0 Å². The molecule has 19 heavy (non-hydrogen) atoms. The molecular formula is C14H18ClNO3. The Kier molecular flexibility index (Phi) is 4.95. The van der Waals surface area contributed by atoms with E-state index in [1.165, 1.54) is 0 Å². The predicted octanol–water partition coefficient (Wildman–Crippen LogP) is 2.83. The number of nitrogens with one attached hydrogen (secondary N) is 1. The van der Waals surface area contributed by atoms with Gasteiger partial charge in [-0.05, 0) is 39.8 Å². The first-order chi connectivity index (χ1) is 8.74. The molecular weight excluding hydrogens is 266 g/mol. The monoisotopic (exact) mass is 283 g/mol. The van der Waals surface area contributed by atoms with Crippen LogP contribution >= 0.6 is 11.6 Å². The number of para-hydroxylation sites is 1. The highest BCUT2D eigenvalue weighted by atomic mass is 35.5. The van der Waals surface area contributed by atoms with Crippen molar-refractivity contribution in [1.29, 1.82) is 0 Å². The summed E-state index contributed by atoms with van der Waals surface area (Å²) in [5.41, 5.74) is -0.0224. The molecule has 0 aliphatic carbocycles. The molecule has 1 rings (SSSR count). The molecule has 1 amide bonds. The molecule has 0 aliphatic heterocycles. The highest BCUT2D eigenvalue weighted by Crippen LogP contribution is 2.28. The molecule has 0 aliphatic rings. The molecule has 1 N–H and O–H groups in total. The van der Waals surface area contributed by atoms with Crippen LogP contribution in [0, 0.1) is 0 Å². The molecule has 4 nitrogen and oxygen atoms in total. The second kappa shape index (κ2) is 6.06. The minimum atomic E-state index is -0.738. The van der Waals surface area contributed by atoms with Gasteiger partial charge in [0.1, 0.15) is 5.75 Å². The number of amides is 1. The number of carbonyl (C=O) groups excluding carboxylic acids is 2. The van der Waals surface area contributed by atoms with Crippen molar-refractivity contribution < 1.29 is 14.3 Å². The first kappa shape index (κ1) is 15.5. The van der Waals surface area contributed by atoms with E-state index in [1.54, 1.807) is 25.1 Å². The fourth-order valence-electron chi connectivity index (χ4n) is 1.44. The molecule has 1 atom stereocenters. The highest BCUT2D eigenvalue weighted by Gasteiger charge is 2.22. The summed E-state index contributed by atoms with van der Waals surface area (Å²) in [4.78, 5) is 22.8. The third kappa shape index (κ3) is 4.56. The molecule has 0 saturated carbocycles. The van der Waals surface area contributed by atoms with Crippen molar-refractivity contribution >= 4 is 23.8 Å². The van der Waals surface area contributed by atoms with Crippen LogP contribution in [-0.4, -0.2) is 23.8 Å². The van der Waals surface area contributed by atoms with Crippen LogP contribution in [0.15, 0.2) is 18.2 Å². The topological polar surface area (TPSA) is 55.4 Å². The third-order valence-electron chi connectivity index (χ3n) is 2.29. The third-order valence-corrected chi connectivity index (χ3v) is 2.58. The molecule has 1 aromatic rings. The molecule has 1 unspecified atom stereocenters. The van der Waals surface area contributed by atoms with Crippen LogP contribution in [-0.2, 0) is 4.79 Å². The zero-order chi connectivity index (χ0) is 14.6. The number of benzene rings is 1. The van der Waals surface area contributed by atoms with Crippen LogP contribution in [0.4, 0.5) is 0 Å². The Morgan fingerprint density at radius 3 is 2.58 bits per heavy atom. The molecule has 0 radical (unpaired) electrons. The van der Waals surface area contributed by atoms with E-state index in [2.05, 4.69) is 5.32 Å². The second-order valence-electron chi connectivity index (χ2n) is 5.28. The van der Waals surface area contributed by atoms with Gasteiger partial charge in [0.2, 0.25) is 0 Å². The Bertz CT molecular complexity index is 480. The van der Waals surface area contributed by atoms with Crippen LogP contribution < -0.4 is 10.1 Å². The summed E-state index contributed by atoms with van der Waals surface area (Å²) in [6, 6.07) is 4.85. The highest BCUT2D eigenvalue weighted by molar-refractivity contribution is 6.32. The molecule has 0 spiro atoms. The maximum Gasteiger partial charge on any atom is 0.261 e. The molecule has 5 heteroatoms. The van der Waals surface area contributed by atoms with Gasteiger partial charge in [-0.25, -0.2) is 0 Å². The summed E-state index contributed by atoms with van der Waals surface area (Å²) in [5.74, 6) is -0.0278. The standard InChI is InChI=1S/C14H18ClNO3/c1-9(13(18)16-14(2,3)4)19-12-10(8-17)6-5-7-11(12)15/h5-9H,1-4H3,(H,16,18). The lowest BCUT2D eigenvalue weighted by Crippen LogP contribution is -2.46. The van der Waals surface area contributed by atoms with Crippen LogP contribution in [0.25, 0.3) is 0 Å². The van der Waals surface area contributed by atoms with Gasteiger partial charge in [0.15, 0.2) is 12.4 Å².